The molecule has 1 saturated heterocycles. The Morgan fingerprint density at radius 2 is 1.93 bits per heavy atom. The van der Waals surface area contributed by atoms with Crippen LogP contribution in [0, 0.1) is 0 Å². The minimum atomic E-state index is -0.0785. The minimum Gasteiger partial charge on any atom is -0.353 e. The number of anilines is 1. The fourth-order valence-corrected chi connectivity index (χ4v) is 4.90. The van der Waals surface area contributed by atoms with E-state index in [2.05, 4.69) is 20.5 Å². The molecule has 8 heteroatoms. The summed E-state index contributed by atoms with van der Waals surface area (Å²) in [5.74, 6) is -0.0631. The molecule has 6 nitrogen and oxygen atoms in total. The lowest BCUT2D eigenvalue weighted by atomic mass is 10.0. The fraction of sp³-hybridized carbons (Fsp3) is 0.526. The third kappa shape index (κ3) is 5.37. The smallest absolute Gasteiger partial charge is 0.231 e. The Hall–Kier alpha value is -1.77. The van der Waals surface area contributed by atoms with Gasteiger partial charge in [-0.1, -0.05) is 6.07 Å². The number of thiazole rings is 1. The predicted molar refractivity (Wildman–Crippen MR) is 108 cm³/mol. The first-order chi connectivity index (χ1) is 13.2. The van der Waals surface area contributed by atoms with Gasteiger partial charge in [-0.2, -0.15) is 0 Å². The molecule has 0 radical (unpaired) electrons. The number of carbonyl (C=O) groups excluding carboxylic acids is 2. The fourth-order valence-electron chi connectivity index (χ4n) is 3.47. The molecule has 2 fully saturated rings. The van der Waals surface area contributed by atoms with Gasteiger partial charge in [0.2, 0.25) is 11.8 Å². The summed E-state index contributed by atoms with van der Waals surface area (Å²) in [7, 11) is 0. The van der Waals surface area contributed by atoms with Crippen LogP contribution in [0.2, 0.25) is 0 Å². The van der Waals surface area contributed by atoms with Crippen LogP contribution in [0.25, 0.3) is 0 Å². The standard InChI is InChI=1S/C19H24N4O2S2/c24-17(20-13-5-7-23(8-6-13)15-3-4-15)10-14-12-27-19(21-14)22-18(25)11-16-2-1-9-26-16/h1-2,9,12-13,15H,3-8,10-11H2,(H,20,24)(H,21,22,25). The van der Waals surface area contributed by atoms with E-state index in [0.717, 1.165) is 36.9 Å². The number of nitrogens with one attached hydrogen (secondary N) is 2. The largest absolute Gasteiger partial charge is 0.353 e. The summed E-state index contributed by atoms with van der Waals surface area (Å²) in [5.41, 5.74) is 0.708. The molecule has 0 unspecified atom stereocenters. The maximum absolute atomic E-state index is 12.3. The van der Waals surface area contributed by atoms with Crippen molar-refractivity contribution in [1.29, 1.82) is 0 Å². The van der Waals surface area contributed by atoms with Crippen molar-refractivity contribution < 1.29 is 9.59 Å². The summed E-state index contributed by atoms with van der Waals surface area (Å²) >= 11 is 2.93. The van der Waals surface area contributed by atoms with E-state index in [-0.39, 0.29) is 24.3 Å². The topological polar surface area (TPSA) is 74.3 Å². The zero-order valence-electron chi connectivity index (χ0n) is 15.1. The molecule has 2 aliphatic rings. The highest BCUT2D eigenvalue weighted by Gasteiger charge is 2.32. The van der Waals surface area contributed by atoms with Gasteiger partial charge in [-0.25, -0.2) is 4.98 Å². The molecule has 4 rings (SSSR count). The van der Waals surface area contributed by atoms with E-state index < -0.39 is 0 Å². The Bertz CT molecular complexity index is 777. The molecule has 2 aromatic rings. The van der Waals surface area contributed by atoms with E-state index in [1.54, 1.807) is 11.3 Å². The van der Waals surface area contributed by atoms with Gasteiger partial charge in [0, 0.05) is 35.4 Å². The average molecular weight is 405 g/mol. The zero-order chi connectivity index (χ0) is 18.6. The number of aromatic nitrogens is 1. The van der Waals surface area contributed by atoms with Crippen LogP contribution < -0.4 is 10.6 Å². The number of piperidine rings is 1. The van der Waals surface area contributed by atoms with Gasteiger partial charge >= 0.3 is 0 Å². The number of nitrogens with zero attached hydrogens (tertiary/aromatic N) is 2. The molecule has 2 aromatic heterocycles. The van der Waals surface area contributed by atoms with Gasteiger partial charge in [-0.15, -0.1) is 22.7 Å². The average Bonchev–Trinajstić information content (AvgIpc) is 3.21. The van der Waals surface area contributed by atoms with Crippen molar-refractivity contribution in [1.82, 2.24) is 15.2 Å². The van der Waals surface area contributed by atoms with E-state index in [4.69, 9.17) is 0 Å². The molecule has 1 aliphatic carbocycles. The van der Waals surface area contributed by atoms with Crippen molar-refractivity contribution in [2.24, 2.45) is 0 Å². The van der Waals surface area contributed by atoms with E-state index >= 15 is 0 Å². The summed E-state index contributed by atoms with van der Waals surface area (Å²) in [5, 5.41) is 10.3. The molecule has 3 heterocycles. The van der Waals surface area contributed by atoms with Crippen LogP contribution in [-0.4, -0.2) is 46.9 Å². The summed E-state index contributed by atoms with van der Waals surface area (Å²) in [4.78, 5) is 32.3. The highest BCUT2D eigenvalue weighted by molar-refractivity contribution is 7.14. The van der Waals surface area contributed by atoms with Crippen molar-refractivity contribution in [3.8, 4) is 0 Å². The molecule has 2 N–H and O–H groups in total. The number of thiophene rings is 1. The van der Waals surface area contributed by atoms with E-state index in [0.29, 0.717) is 17.2 Å². The molecule has 0 atom stereocenters. The summed E-state index contributed by atoms with van der Waals surface area (Å²) in [6.45, 7) is 2.18. The lowest BCUT2D eigenvalue weighted by Gasteiger charge is -2.32. The van der Waals surface area contributed by atoms with Gasteiger partial charge in [0.05, 0.1) is 18.5 Å². The normalized spacial score (nSPS) is 18.4. The Labute approximate surface area is 167 Å². The first kappa shape index (κ1) is 18.6. The van der Waals surface area contributed by atoms with Crippen LogP contribution in [0.15, 0.2) is 22.9 Å². The lowest BCUT2D eigenvalue weighted by molar-refractivity contribution is -0.121. The van der Waals surface area contributed by atoms with Crippen LogP contribution in [0.5, 0.6) is 0 Å². The Morgan fingerprint density at radius 3 is 2.63 bits per heavy atom. The minimum absolute atomic E-state index is 0.0154. The molecule has 0 bridgehead atoms. The van der Waals surface area contributed by atoms with E-state index in [9.17, 15) is 9.59 Å². The number of hydrogen-bond donors (Lipinski definition) is 2. The van der Waals surface area contributed by atoms with Gasteiger partial charge in [-0.05, 0) is 37.1 Å². The summed E-state index contributed by atoms with van der Waals surface area (Å²) in [6, 6.07) is 4.96. The Morgan fingerprint density at radius 1 is 1.11 bits per heavy atom. The number of carbonyl (C=O) groups is 2. The third-order valence-electron chi connectivity index (χ3n) is 5.01. The molecule has 0 aromatic carbocycles. The zero-order valence-corrected chi connectivity index (χ0v) is 16.8. The van der Waals surface area contributed by atoms with Gasteiger partial charge in [0.1, 0.15) is 0 Å². The first-order valence-corrected chi connectivity index (χ1v) is 11.2. The maximum atomic E-state index is 12.3. The van der Waals surface area contributed by atoms with Gasteiger partial charge in [-0.3, -0.25) is 9.59 Å². The van der Waals surface area contributed by atoms with Crippen molar-refractivity contribution in [2.75, 3.05) is 18.4 Å². The van der Waals surface area contributed by atoms with E-state index in [1.165, 1.54) is 24.2 Å². The van der Waals surface area contributed by atoms with Crippen molar-refractivity contribution in [2.45, 2.75) is 50.6 Å². The number of likely N-dealkylation sites (tertiary alicyclic amines) is 1. The van der Waals surface area contributed by atoms with Crippen LogP contribution >= 0.6 is 22.7 Å². The maximum Gasteiger partial charge on any atom is 0.231 e. The van der Waals surface area contributed by atoms with Crippen LogP contribution in [-0.2, 0) is 22.4 Å². The van der Waals surface area contributed by atoms with Gasteiger partial charge in [0.15, 0.2) is 5.13 Å². The van der Waals surface area contributed by atoms with Crippen LogP contribution in [0.4, 0.5) is 5.13 Å². The molecule has 1 saturated carbocycles. The quantitative estimate of drug-likeness (QED) is 0.744. The molecule has 1 aliphatic heterocycles. The number of hydrogen-bond acceptors (Lipinski definition) is 6. The monoisotopic (exact) mass is 404 g/mol. The number of rotatable bonds is 7. The van der Waals surface area contributed by atoms with Gasteiger partial charge in [0.25, 0.3) is 0 Å². The molecule has 27 heavy (non-hydrogen) atoms. The van der Waals surface area contributed by atoms with Crippen LogP contribution in [0.1, 0.15) is 36.3 Å². The molecule has 0 spiro atoms. The third-order valence-corrected chi connectivity index (χ3v) is 6.70. The lowest BCUT2D eigenvalue weighted by Crippen LogP contribution is -2.45. The van der Waals surface area contributed by atoms with Crippen molar-refractivity contribution in [3.05, 3.63) is 33.5 Å². The second-order valence-electron chi connectivity index (χ2n) is 7.23. The Kier molecular flexibility index (Phi) is 5.85. The highest BCUT2D eigenvalue weighted by atomic mass is 32.1. The molecule has 2 amide bonds. The SMILES string of the molecule is O=C(Cc1cccs1)Nc1nc(CC(=O)NC2CCN(C3CC3)CC2)cs1. The van der Waals surface area contributed by atoms with Crippen LogP contribution in [0.3, 0.4) is 0 Å². The first-order valence-electron chi connectivity index (χ1n) is 9.46. The van der Waals surface area contributed by atoms with E-state index in [1.807, 2.05) is 22.9 Å². The second kappa shape index (κ2) is 8.50. The van der Waals surface area contributed by atoms with Crippen molar-refractivity contribution in [3.63, 3.8) is 0 Å². The number of amides is 2. The summed E-state index contributed by atoms with van der Waals surface area (Å²) < 4.78 is 0. The molecule has 144 valence electrons. The second-order valence-corrected chi connectivity index (χ2v) is 9.12. The molecular weight excluding hydrogens is 380 g/mol. The summed E-state index contributed by atoms with van der Waals surface area (Å²) in [6.07, 6.45) is 5.36. The Balaban J connectivity index is 1.20. The predicted octanol–water partition coefficient (Wildman–Crippen LogP) is 2.67. The molecular formula is C19H24N4O2S2. The van der Waals surface area contributed by atoms with Crippen molar-refractivity contribution >= 4 is 39.6 Å². The highest BCUT2D eigenvalue weighted by Crippen LogP contribution is 2.29. The van der Waals surface area contributed by atoms with Gasteiger partial charge < -0.3 is 15.5 Å².